The number of thiocarbonyl (C=S) groups is 1. The molecule has 21 heavy (non-hydrogen) atoms. The summed E-state index contributed by atoms with van der Waals surface area (Å²) < 4.78 is 0.958. The number of nitrogens with zero attached hydrogens (tertiary/aromatic N) is 3. The molecule has 0 aromatic carbocycles. The predicted octanol–water partition coefficient (Wildman–Crippen LogP) is 3.99. The molecule has 3 nitrogen and oxygen atoms in total. The van der Waals surface area contributed by atoms with Crippen molar-refractivity contribution < 1.29 is 0 Å². The van der Waals surface area contributed by atoms with E-state index in [4.69, 9.17) is 12.2 Å². The molecule has 0 aliphatic rings. The van der Waals surface area contributed by atoms with E-state index in [9.17, 15) is 0 Å². The first-order valence-corrected chi connectivity index (χ1v) is 9.25. The molecular weight excluding hydrogens is 318 g/mol. The number of thioether (sulfide) groups is 1. The molecule has 2 heterocycles. The summed E-state index contributed by atoms with van der Waals surface area (Å²) in [5, 5.41) is 3.23. The van der Waals surface area contributed by atoms with Gasteiger partial charge in [-0.15, -0.1) is 11.3 Å². The first-order valence-electron chi connectivity index (χ1n) is 6.97. The summed E-state index contributed by atoms with van der Waals surface area (Å²) in [5.41, 5.74) is 2.16. The number of hydrogen-bond donors (Lipinski definition) is 0. The summed E-state index contributed by atoms with van der Waals surface area (Å²) in [5.74, 6) is 0.841. The molecule has 2 aromatic rings. The molecule has 2 rings (SSSR count). The Bertz CT molecular complexity index is 565. The maximum absolute atomic E-state index is 5.44. The van der Waals surface area contributed by atoms with E-state index in [-0.39, 0.29) is 0 Å². The van der Waals surface area contributed by atoms with Crippen LogP contribution in [0.4, 0.5) is 0 Å². The Balaban J connectivity index is 1.87. The van der Waals surface area contributed by atoms with Crippen molar-refractivity contribution >= 4 is 39.6 Å². The molecule has 0 saturated carbocycles. The fourth-order valence-electron chi connectivity index (χ4n) is 1.86. The number of rotatable bonds is 6. The van der Waals surface area contributed by atoms with Crippen LogP contribution in [-0.2, 0) is 12.2 Å². The quantitative estimate of drug-likeness (QED) is 0.744. The van der Waals surface area contributed by atoms with Gasteiger partial charge in [-0.1, -0.05) is 30.0 Å². The Morgan fingerprint density at radius 1 is 1.29 bits per heavy atom. The summed E-state index contributed by atoms with van der Waals surface area (Å²) in [6.07, 6.45) is 2.62. The molecule has 0 amide bonds. The molecule has 6 heteroatoms. The molecule has 0 radical (unpaired) electrons. The van der Waals surface area contributed by atoms with E-state index in [1.807, 2.05) is 24.4 Å². The number of thiazole rings is 1. The topological polar surface area (TPSA) is 29.0 Å². The molecule has 0 aliphatic heterocycles. The molecule has 0 unspecified atom stereocenters. The van der Waals surface area contributed by atoms with E-state index in [1.54, 1.807) is 23.1 Å². The molecule has 0 fully saturated rings. The van der Waals surface area contributed by atoms with Crippen molar-refractivity contribution in [1.29, 1.82) is 0 Å². The van der Waals surface area contributed by atoms with E-state index < -0.39 is 0 Å². The van der Waals surface area contributed by atoms with Gasteiger partial charge in [0.25, 0.3) is 0 Å². The van der Waals surface area contributed by atoms with Gasteiger partial charge in [0.05, 0.1) is 10.7 Å². The van der Waals surface area contributed by atoms with Crippen molar-refractivity contribution in [3.8, 4) is 0 Å². The van der Waals surface area contributed by atoms with Crippen LogP contribution < -0.4 is 0 Å². The highest BCUT2D eigenvalue weighted by molar-refractivity contribution is 8.22. The number of hydrogen-bond acceptors (Lipinski definition) is 5. The molecule has 0 N–H and O–H groups in total. The van der Waals surface area contributed by atoms with Gasteiger partial charge >= 0.3 is 0 Å². The summed E-state index contributed by atoms with van der Waals surface area (Å²) in [7, 11) is 0. The van der Waals surface area contributed by atoms with Gasteiger partial charge in [0, 0.05) is 42.5 Å². The zero-order chi connectivity index (χ0) is 15.1. The van der Waals surface area contributed by atoms with Gasteiger partial charge in [-0.3, -0.25) is 4.98 Å². The molecule has 0 aliphatic carbocycles. The van der Waals surface area contributed by atoms with E-state index in [0.29, 0.717) is 0 Å². The number of pyridine rings is 1. The van der Waals surface area contributed by atoms with Crippen LogP contribution >= 0.6 is 35.3 Å². The minimum Gasteiger partial charge on any atom is -0.358 e. The molecule has 0 saturated heterocycles. The normalized spacial score (nSPS) is 10.6. The fraction of sp³-hybridized carbons (Fsp3) is 0.400. The van der Waals surface area contributed by atoms with Crippen molar-refractivity contribution in [2.75, 3.05) is 13.1 Å². The average Bonchev–Trinajstić information content (AvgIpc) is 2.95. The minimum absolute atomic E-state index is 0.802. The van der Waals surface area contributed by atoms with Crippen molar-refractivity contribution in [3.63, 3.8) is 0 Å². The second-order valence-electron chi connectivity index (χ2n) is 4.46. The zero-order valence-electron chi connectivity index (χ0n) is 12.3. The van der Waals surface area contributed by atoms with Gasteiger partial charge in [-0.25, -0.2) is 4.98 Å². The van der Waals surface area contributed by atoms with Gasteiger partial charge in [-0.05, 0) is 26.0 Å². The highest BCUT2D eigenvalue weighted by Gasteiger charge is 2.09. The lowest BCUT2D eigenvalue weighted by atomic mass is 10.3. The first-order chi connectivity index (χ1) is 10.2. The Kier molecular flexibility index (Phi) is 6.60. The SMILES string of the molecule is CCN(CC)C(=S)SCc1csc(Cc2ccccn2)n1. The zero-order valence-corrected chi connectivity index (χ0v) is 14.7. The van der Waals surface area contributed by atoms with Crippen molar-refractivity contribution in [2.24, 2.45) is 0 Å². The lowest BCUT2D eigenvalue weighted by Gasteiger charge is -2.20. The Labute approximate surface area is 139 Å². The first kappa shape index (κ1) is 16.4. The molecular formula is C15H19N3S3. The summed E-state index contributed by atoms with van der Waals surface area (Å²) in [4.78, 5) is 11.2. The molecule has 2 aromatic heterocycles. The summed E-state index contributed by atoms with van der Waals surface area (Å²) in [6.45, 7) is 6.18. The Hall–Kier alpha value is -0.980. The third kappa shape index (κ3) is 5.05. The minimum atomic E-state index is 0.802. The van der Waals surface area contributed by atoms with E-state index >= 15 is 0 Å². The lowest BCUT2D eigenvalue weighted by Crippen LogP contribution is -2.26. The van der Waals surface area contributed by atoms with Crippen LogP contribution in [0.15, 0.2) is 29.8 Å². The summed E-state index contributed by atoms with van der Waals surface area (Å²) >= 11 is 8.83. The second kappa shape index (κ2) is 8.46. The standard InChI is InChI=1S/C15H19N3S3/c1-3-18(4-2)15(19)21-11-13-10-20-14(17-13)9-12-7-5-6-8-16-12/h5-8,10H,3-4,9,11H2,1-2H3. The van der Waals surface area contributed by atoms with Crippen LogP contribution in [0.3, 0.4) is 0 Å². The van der Waals surface area contributed by atoms with Crippen molar-refractivity contribution in [1.82, 2.24) is 14.9 Å². The van der Waals surface area contributed by atoms with Crippen LogP contribution in [0.5, 0.6) is 0 Å². The van der Waals surface area contributed by atoms with Crippen LogP contribution in [0.2, 0.25) is 0 Å². The lowest BCUT2D eigenvalue weighted by molar-refractivity contribution is 0.482. The molecule has 112 valence electrons. The monoisotopic (exact) mass is 337 g/mol. The molecule has 0 spiro atoms. The van der Waals surface area contributed by atoms with Crippen LogP contribution in [0, 0.1) is 0 Å². The highest BCUT2D eigenvalue weighted by atomic mass is 32.2. The van der Waals surface area contributed by atoms with E-state index in [1.165, 1.54) is 0 Å². The van der Waals surface area contributed by atoms with E-state index in [2.05, 4.69) is 34.1 Å². The van der Waals surface area contributed by atoms with Gasteiger partial charge in [0.15, 0.2) is 0 Å². The maximum atomic E-state index is 5.44. The van der Waals surface area contributed by atoms with Crippen LogP contribution in [0.1, 0.15) is 30.2 Å². The highest BCUT2D eigenvalue weighted by Crippen LogP contribution is 2.20. The van der Waals surface area contributed by atoms with Crippen molar-refractivity contribution in [3.05, 3.63) is 46.2 Å². The third-order valence-electron chi connectivity index (χ3n) is 3.02. The van der Waals surface area contributed by atoms with Crippen LogP contribution in [-0.4, -0.2) is 32.3 Å². The Morgan fingerprint density at radius 2 is 2.10 bits per heavy atom. The fourth-order valence-corrected chi connectivity index (χ4v) is 4.07. The van der Waals surface area contributed by atoms with Crippen LogP contribution in [0.25, 0.3) is 0 Å². The third-order valence-corrected chi connectivity index (χ3v) is 5.48. The molecule has 0 bridgehead atoms. The summed E-state index contributed by atoms with van der Waals surface area (Å²) in [6, 6.07) is 5.97. The van der Waals surface area contributed by atoms with Gasteiger partial charge in [0.1, 0.15) is 4.32 Å². The molecule has 0 atom stereocenters. The Morgan fingerprint density at radius 3 is 2.76 bits per heavy atom. The maximum Gasteiger partial charge on any atom is 0.136 e. The average molecular weight is 338 g/mol. The van der Waals surface area contributed by atoms with E-state index in [0.717, 1.165) is 46.0 Å². The second-order valence-corrected chi connectivity index (χ2v) is 7.01. The van der Waals surface area contributed by atoms with Crippen molar-refractivity contribution in [2.45, 2.75) is 26.0 Å². The van der Waals surface area contributed by atoms with Gasteiger partial charge < -0.3 is 4.90 Å². The predicted molar refractivity (Wildman–Crippen MR) is 96.0 cm³/mol. The smallest absolute Gasteiger partial charge is 0.136 e. The largest absolute Gasteiger partial charge is 0.358 e. The van der Waals surface area contributed by atoms with Gasteiger partial charge in [0.2, 0.25) is 0 Å². The van der Waals surface area contributed by atoms with Gasteiger partial charge in [-0.2, -0.15) is 0 Å². The number of aromatic nitrogens is 2.